The minimum atomic E-state index is -1.14. The Hall–Kier alpha value is -2.57. The third kappa shape index (κ3) is 3.03. The molecule has 2 aromatic carbocycles. The molecule has 2 rings (SSSR count). The Balaban J connectivity index is 2.68. The average Bonchev–Trinajstić information content (AvgIpc) is 2.48. The van der Waals surface area contributed by atoms with Crippen LogP contribution in [0.1, 0.15) is 15.9 Å². The molecule has 0 aliphatic rings. The summed E-state index contributed by atoms with van der Waals surface area (Å²) in [6, 6.07) is 9.93. The van der Waals surface area contributed by atoms with Gasteiger partial charge in [0.2, 0.25) is 0 Å². The smallest absolute Gasteiger partial charge is 0.337 e. The Bertz CT molecular complexity index is 701. The Morgan fingerprint density at radius 3 is 2.41 bits per heavy atom. The topological polar surface area (TPSA) is 130 Å². The highest BCUT2D eigenvalue weighted by atomic mass is 16.4. The van der Waals surface area contributed by atoms with Crippen molar-refractivity contribution < 1.29 is 20.1 Å². The Morgan fingerprint density at radius 1 is 1.14 bits per heavy atom. The summed E-state index contributed by atoms with van der Waals surface area (Å²) in [5.74, 6) is -1.14. The van der Waals surface area contributed by atoms with Crippen LogP contribution in [0.5, 0.6) is 0 Å². The zero-order chi connectivity index (χ0) is 16.3. The van der Waals surface area contributed by atoms with Gasteiger partial charge in [0.05, 0.1) is 24.0 Å². The van der Waals surface area contributed by atoms with Crippen LogP contribution in [0, 0.1) is 0 Å². The minimum absolute atomic E-state index is 0.0273. The molecule has 116 valence electrons. The molecule has 0 saturated carbocycles. The lowest BCUT2D eigenvalue weighted by Gasteiger charge is -2.18. The van der Waals surface area contributed by atoms with Crippen LogP contribution < -0.4 is 11.5 Å². The van der Waals surface area contributed by atoms with E-state index in [0.717, 1.165) is 0 Å². The number of nitrogens with two attached hydrogens (primary N) is 2. The van der Waals surface area contributed by atoms with Gasteiger partial charge >= 0.3 is 5.97 Å². The van der Waals surface area contributed by atoms with Crippen LogP contribution in [-0.2, 0) is 6.42 Å². The van der Waals surface area contributed by atoms with Gasteiger partial charge in [-0.1, -0.05) is 24.3 Å². The molecule has 0 saturated heterocycles. The molecule has 0 fully saturated rings. The number of anilines is 2. The number of aliphatic hydroxyl groups excluding tert-OH is 2. The predicted octanol–water partition coefficient (Wildman–Crippen LogP) is 1.11. The van der Waals surface area contributed by atoms with Gasteiger partial charge in [0.1, 0.15) is 0 Å². The summed E-state index contributed by atoms with van der Waals surface area (Å²) < 4.78 is 0. The first-order valence-corrected chi connectivity index (χ1v) is 6.74. The molecule has 7 N–H and O–H groups in total. The molecular formula is C16H18N2O4. The van der Waals surface area contributed by atoms with E-state index in [1.807, 2.05) is 0 Å². The Kier molecular flexibility index (Phi) is 4.65. The van der Waals surface area contributed by atoms with Gasteiger partial charge in [0.15, 0.2) is 0 Å². The zero-order valence-electron chi connectivity index (χ0n) is 11.9. The lowest BCUT2D eigenvalue weighted by atomic mass is 9.91. The number of aromatic carboxylic acids is 1. The molecule has 1 unspecified atom stereocenters. The number of benzene rings is 2. The molecule has 6 nitrogen and oxygen atoms in total. The number of carbonyl (C=O) groups is 1. The molecule has 0 heterocycles. The highest BCUT2D eigenvalue weighted by Gasteiger charge is 2.19. The summed E-state index contributed by atoms with van der Waals surface area (Å²) in [5.41, 5.74) is 14.2. The van der Waals surface area contributed by atoms with Crippen molar-refractivity contribution in [2.24, 2.45) is 0 Å². The van der Waals surface area contributed by atoms with Crippen LogP contribution in [-0.4, -0.2) is 34.0 Å². The molecule has 0 aliphatic heterocycles. The summed E-state index contributed by atoms with van der Waals surface area (Å²) in [4.78, 5) is 11.3. The van der Waals surface area contributed by atoms with Gasteiger partial charge in [0.25, 0.3) is 0 Å². The maximum Gasteiger partial charge on any atom is 0.337 e. The largest absolute Gasteiger partial charge is 0.478 e. The number of hydrogen-bond acceptors (Lipinski definition) is 5. The number of carboxylic acid groups (broad SMARTS) is 1. The van der Waals surface area contributed by atoms with Crippen molar-refractivity contribution in [2.45, 2.75) is 12.5 Å². The van der Waals surface area contributed by atoms with Gasteiger partial charge in [-0.15, -0.1) is 0 Å². The summed E-state index contributed by atoms with van der Waals surface area (Å²) in [6.07, 6.45) is -0.816. The normalized spacial score (nSPS) is 12.1. The average molecular weight is 302 g/mol. The van der Waals surface area contributed by atoms with E-state index in [4.69, 9.17) is 16.6 Å². The molecule has 1 atom stereocenters. The van der Waals surface area contributed by atoms with Gasteiger partial charge in [-0.25, -0.2) is 4.79 Å². The SMILES string of the molecule is Nc1ccccc1-c1c(CC(O)CO)ccc(C(=O)O)c1N. The number of para-hydroxylation sites is 1. The zero-order valence-corrected chi connectivity index (χ0v) is 11.9. The van der Waals surface area contributed by atoms with Crippen molar-refractivity contribution in [3.05, 3.63) is 47.5 Å². The van der Waals surface area contributed by atoms with E-state index in [1.54, 1.807) is 30.3 Å². The van der Waals surface area contributed by atoms with Crippen molar-refractivity contribution in [2.75, 3.05) is 18.1 Å². The second-order valence-corrected chi connectivity index (χ2v) is 4.99. The van der Waals surface area contributed by atoms with Crippen molar-refractivity contribution >= 4 is 17.3 Å². The summed E-state index contributed by atoms with van der Waals surface area (Å²) >= 11 is 0. The highest BCUT2D eigenvalue weighted by molar-refractivity contribution is 6.00. The molecule has 6 heteroatoms. The van der Waals surface area contributed by atoms with Gasteiger partial charge in [-0.05, 0) is 17.7 Å². The maximum absolute atomic E-state index is 11.3. The highest BCUT2D eigenvalue weighted by Crippen LogP contribution is 2.36. The number of aliphatic hydroxyl groups is 2. The van der Waals surface area contributed by atoms with Gasteiger partial charge in [0, 0.05) is 23.2 Å². The summed E-state index contributed by atoms with van der Waals surface area (Å²) in [7, 11) is 0. The molecule has 0 amide bonds. The fourth-order valence-electron chi connectivity index (χ4n) is 2.38. The number of nitrogen functional groups attached to an aromatic ring is 2. The Morgan fingerprint density at radius 2 is 1.82 bits per heavy atom. The third-order valence-corrected chi connectivity index (χ3v) is 3.46. The van der Waals surface area contributed by atoms with Crippen LogP contribution in [0.3, 0.4) is 0 Å². The predicted molar refractivity (Wildman–Crippen MR) is 84.5 cm³/mol. The summed E-state index contributed by atoms with van der Waals surface area (Å²) in [5, 5.41) is 27.9. The molecule has 0 spiro atoms. The van der Waals surface area contributed by atoms with Crippen molar-refractivity contribution in [3.8, 4) is 11.1 Å². The van der Waals surface area contributed by atoms with Crippen LogP contribution in [0.2, 0.25) is 0 Å². The third-order valence-electron chi connectivity index (χ3n) is 3.46. The molecule has 0 aromatic heterocycles. The van der Waals surface area contributed by atoms with Gasteiger partial charge in [-0.3, -0.25) is 0 Å². The lowest BCUT2D eigenvalue weighted by molar-refractivity contribution is 0.0698. The first-order chi connectivity index (χ1) is 10.5. The van der Waals surface area contributed by atoms with Crippen LogP contribution in [0.15, 0.2) is 36.4 Å². The fraction of sp³-hybridized carbons (Fsp3) is 0.188. The minimum Gasteiger partial charge on any atom is -0.478 e. The lowest BCUT2D eigenvalue weighted by Crippen LogP contribution is -2.17. The first kappa shape index (κ1) is 15.8. The van der Waals surface area contributed by atoms with Crippen molar-refractivity contribution in [1.29, 1.82) is 0 Å². The fourth-order valence-corrected chi connectivity index (χ4v) is 2.38. The van der Waals surface area contributed by atoms with Gasteiger partial charge in [-0.2, -0.15) is 0 Å². The van der Waals surface area contributed by atoms with Crippen molar-refractivity contribution in [1.82, 2.24) is 0 Å². The molecular weight excluding hydrogens is 284 g/mol. The summed E-state index contributed by atoms with van der Waals surface area (Å²) in [6.45, 7) is -0.399. The molecule has 0 bridgehead atoms. The molecule has 0 aliphatic carbocycles. The van der Waals surface area contributed by atoms with E-state index in [2.05, 4.69) is 0 Å². The van der Waals surface area contributed by atoms with Crippen LogP contribution in [0.25, 0.3) is 11.1 Å². The number of carboxylic acids is 1. The van der Waals surface area contributed by atoms with Crippen LogP contribution >= 0.6 is 0 Å². The quantitative estimate of drug-likeness (QED) is 0.526. The number of hydrogen-bond donors (Lipinski definition) is 5. The number of rotatable bonds is 5. The molecule has 2 aromatic rings. The van der Waals surface area contributed by atoms with Gasteiger partial charge < -0.3 is 26.8 Å². The monoisotopic (exact) mass is 302 g/mol. The van der Waals surface area contributed by atoms with E-state index in [-0.39, 0.29) is 17.7 Å². The van der Waals surface area contributed by atoms with E-state index in [0.29, 0.717) is 22.4 Å². The maximum atomic E-state index is 11.3. The van der Waals surface area contributed by atoms with E-state index in [9.17, 15) is 15.0 Å². The second-order valence-electron chi connectivity index (χ2n) is 4.99. The van der Waals surface area contributed by atoms with E-state index in [1.165, 1.54) is 6.07 Å². The molecule has 22 heavy (non-hydrogen) atoms. The van der Waals surface area contributed by atoms with E-state index < -0.39 is 18.7 Å². The standard InChI is InChI=1S/C16H18N2O4/c17-13-4-2-1-3-11(13)14-9(7-10(20)8-19)5-6-12(15(14)18)16(21)22/h1-6,10,19-20H,7-8,17-18H2,(H,21,22). The second kappa shape index (κ2) is 6.46. The van der Waals surface area contributed by atoms with Crippen LogP contribution in [0.4, 0.5) is 11.4 Å². The van der Waals surface area contributed by atoms with Crippen molar-refractivity contribution in [3.63, 3.8) is 0 Å². The molecule has 0 radical (unpaired) electrons. The van der Waals surface area contributed by atoms with E-state index >= 15 is 0 Å². The first-order valence-electron chi connectivity index (χ1n) is 6.74. The Labute approximate surface area is 127 Å².